The molecule has 0 saturated carbocycles. The van der Waals surface area contributed by atoms with E-state index in [0.717, 1.165) is 0 Å². The second-order valence-corrected chi connectivity index (χ2v) is 5.81. The molecule has 4 N–H and O–H groups in total. The zero-order valence-corrected chi connectivity index (χ0v) is 14.1. The van der Waals surface area contributed by atoms with Gasteiger partial charge in [-0.05, 0) is 18.2 Å². The fourth-order valence-electron chi connectivity index (χ4n) is 2.85. The fourth-order valence-corrected chi connectivity index (χ4v) is 2.85. The number of benzene rings is 1. The van der Waals surface area contributed by atoms with E-state index in [9.17, 15) is 14.7 Å². The normalized spacial score (nSPS) is 25.2. The van der Waals surface area contributed by atoms with E-state index in [1.54, 1.807) is 30.3 Å². The molecule has 1 aromatic carbocycles. The van der Waals surface area contributed by atoms with Crippen molar-refractivity contribution in [3.63, 3.8) is 0 Å². The molecule has 1 aliphatic rings. The van der Waals surface area contributed by atoms with Crippen LogP contribution in [0, 0.1) is 0 Å². The van der Waals surface area contributed by atoms with Gasteiger partial charge in [0.25, 0.3) is 5.91 Å². The summed E-state index contributed by atoms with van der Waals surface area (Å²) in [4.78, 5) is 28.4. The first-order valence-corrected chi connectivity index (χ1v) is 8.07. The molecule has 2 aromatic rings. The van der Waals surface area contributed by atoms with Crippen molar-refractivity contribution in [1.29, 1.82) is 0 Å². The van der Waals surface area contributed by atoms with Gasteiger partial charge in [-0.25, -0.2) is 4.79 Å². The van der Waals surface area contributed by atoms with E-state index in [2.05, 4.69) is 10.3 Å². The number of carbonyl (C=O) groups excluding carboxylic acids is 1. The zero-order valence-electron chi connectivity index (χ0n) is 14.1. The Kier molecular flexibility index (Phi) is 5.43. The Morgan fingerprint density at radius 3 is 2.73 bits per heavy atom. The number of nitrogens with one attached hydrogen (secondary N) is 1. The lowest BCUT2D eigenvalue weighted by Crippen LogP contribution is -2.38. The van der Waals surface area contributed by atoms with Gasteiger partial charge in [-0.15, -0.1) is 0 Å². The number of amides is 1. The first-order chi connectivity index (χ1) is 12.5. The van der Waals surface area contributed by atoms with Crippen molar-refractivity contribution in [3.05, 3.63) is 58.6 Å². The number of aliphatic hydroxyl groups is 1. The highest BCUT2D eigenvalue weighted by atomic mass is 16.6. The highest BCUT2D eigenvalue weighted by Crippen LogP contribution is 2.30. The summed E-state index contributed by atoms with van der Waals surface area (Å²) in [5, 5.41) is 12.7. The minimum Gasteiger partial charge on any atom is -0.387 e. The van der Waals surface area contributed by atoms with Crippen LogP contribution in [0.15, 0.2) is 47.4 Å². The van der Waals surface area contributed by atoms with Crippen molar-refractivity contribution >= 4 is 11.7 Å². The second kappa shape index (κ2) is 7.75. The number of nitrogens with two attached hydrogens (primary N) is 1. The summed E-state index contributed by atoms with van der Waals surface area (Å²) in [5.41, 5.74) is 5.37. The van der Waals surface area contributed by atoms with Gasteiger partial charge in [0.1, 0.15) is 24.1 Å². The molecule has 4 atom stereocenters. The van der Waals surface area contributed by atoms with Crippen LogP contribution in [0.25, 0.3) is 0 Å². The highest BCUT2D eigenvalue weighted by Gasteiger charge is 2.44. The Bertz CT molecular complexity index is 825. The maximum absolute atomic E-state index is 12.4. The third-order valence-corrected chi connectivity index (χ3v) is 4.20. The van der Waals surface area contributed by atoms with Crippen molar-refractivity contribution in [1.82, 2.24) is 9.55 Å². The molecule has 0 unspecified atom stereocenters. The molecule has 1 aromatic heterocycles. The number of nitrogens with zero attached hydrogens (tertiary/aromatic N) is 2. The van der Waals surface area contributed by atoms with Crippen molar-refractivity contribution in [3.8, 4) is 0 Å². The van der Waals surface area contributed by atoms with Crippen LogP contribution in [-0.2, 0) is 9.47 Å². The molecule has 1 saturated heterocycles. The highest BCUT2D eigenvalue weighted by molar-refractivity contribution is 6.03. The van der Waals surface area contributed by atoms with Crippen molar-refractivity contribution < 1.29 is 19.4 Å². The van der Waals surface area contributed by atoms with Gasteiger partial charge >= 0.3 is 5.69 Å². The van der Waals surface area contributed by atoms with Gasteiger partial charge < -0.3 is 25.6 Å². The molecule has 3 rings (SSSR count). The molecular formula is C17H20N4O5. The molecule has 0 bridgehead atoms. The number of hydrogen-bond donors (Lipinski definition) is 3. The Hall–Kier alpha value is -2.59. The monoisotopic (exact) mass is 360 g/mol. The third-order valence-electron chi connectivity index (χ3n) is 4.20. The number of ether oxygens (including phenoxy) is 2. The summed E-state index contributed by atoms with van der Waals surface area (Å²) >= 11 is 0. The smallest absolute Gasteiger partial charge is 0.351 e. The predicted octanol–water partition coefficient (Wildman–Crippen LogP) is -0.272. The van der Waals surface area contributed by atoms with Gasteiger partial charge in [0.05, 0.1) is 0 Å². The summed E-state index contributed by atoms with van der Waals surface area (Å²) in [6.07, 6.45) is -1.79. The number of aromatic nitrogens is 2. The molecule has 0 spiro atoms. The number of methoxy groups -OCH3 is 1. The summed E-state index contributed by atoms with van der Waals surface area (Å²) < 4.78 is 12.1. The summed E-state index contributed by atoms with van der Waals surface area (Å²) in [5.74, 6) is -0.260. The molecule has 138 valence electrons. The Labute approximate surface area is 149 Å². The van der Waals surface area contributed by atoms with Gasteiger partial charge in [0, 0.05) is 25.4 Å². The largest absolute Gasteiger partial charge is 0.387 e. The zero-order chi connectivity index (χ0) is 18.7. The van der Waals surface area contributed by atoms with Crippen LogP contribution in [0.4, 0.5) is 5.82 Å². The van der Waals surface area contributed by atoms with Crippen LogP contribution >= 0.6 is 0 Å². The summed E-state index contributed by atoms with van der Waals surface area (Å²) in [7, 11) is 1.41. The lowest BCUT2D eigenvalue weighted by atomic mass is 10.1. The van der Waals surface area contributed by atoms with Gasteiger partial charge in [-0.3, -0.25) is 9.36 Å². The minimum absolute atomic E-state index is 0.0882. The van der Waals surface area contributed by atoms with Crippen LogP contribution in [0.1, 0.15) is 16.6 Å². The first kappa shape index (κ1) is 18.2. The SMILES string of the molecule is CO[C@@H]1[C@H](O)[C@@H](CN)O[C@H]1n1ccc(NC(=O)c2ccccc2)nc1=O. The van der Waals surface area contributed by atoms with Crippen LogP contribution in [0.2, 0.25) is 0 Å². The van der Waals surface area contributed by atoms with Crippen LogP contribution in [0.3, 0.4) is 0 Å². The number of carbonyl (C=O) groups is 1. The van der Waals surface area contributed by atoms with E-state index in [-0.39, 0.29) is 18.3 Å². The van der Waals surface area contributed by atoms with Crippen LogP contribution < -0.4 is 16.7 Å². The maximum Gasteiger partial charge on any atom is 0.351 e. The number of aliphatic hydroxyl groups excluding tert-OH is 1. The molecule has 1 amide bonds. The van der Waals surface area contributed by atoms with Gasteiger partial charge in [0.2, 0.25) is 0 Å². The van der Waals surface area contributed by atoms with E-state index in [4.69, 9.17) is 15.2 Å². The van der Waals surface area contributed by atoms with E-state index < -0.39 is 30.2 Å². The van der Waals surface area contributed by atoms with Crippen molar-refractivity contribution in [2.45, 2.75) is 24.5 Å². The molecule has 9 heteroatoms. The van der Waals surface area contributed by atoms with E-state index in [1.165, 1.54) is 23.9 Å². The van der Waals surface area contributed by atoms with E-state index in [1.807, 2.05) is 0 Å². The maximum atomic E-state index is 12.4. The van der Waals surface area contributed by atoms with Gasteiger partial charge in [0.15, 0.2) is 6.23 Å². The topological polar surface area (TPSA) is 129 Å². The number of anilines is 1. The fraction of sp³-hybridized carbons (Fsp3) is 0.353. The van der Waals surface area contributed by atoms with Gasteiger partial charge in [-0.1, -0.05) is 18.2 Å². The second-order valence-electron chi connectivity index (χ2n) is 5.81. The standard InChI is InChI=1S/C17H20N4O5/c1-25-14-13(22)11(9-18)26-16(14)21-8-7-12(20-17(21)24)19-15(23)10-5-3-2-4-6-10/h2-8,11,13-14,16,22H,9,18H2,1H3,(H,19,20,23,24)/t11-,13-,14-,16-/m1/s1. The molecular weight excluding hydrogens is 340 g/mol. The molecule has 9 nitrogen and oxygen atoms in total. The van der Waals surface area contributed by atoms with Crippen molar-refractivity contribution in [2.24, 2.45) is 5.73 Å². The minimum atomic E-state index is -0.959. The molecule has 1 fully saturated rings. The number of hydrogen-bond acceptors (Lipinski definition) is 7. The lowest BCUT2D eigenvalue weighted by molar-refractivity contribution is -0.0525. The van der Waals surface area contributed by atoms with E-state index in [0.29, 0.717) is 5.56 Å². The Morgan fingerprint density at radius 2 is 2.12 bits per heavy atom. The predicted molar refractivity (Wildman–Crippen MR) is 92.7 cm³/mol. The molecule has 1 aliphatic heterocycles. The van der Waals surface area contributed by atoms with Crippen LogP contribution in [0.5, 0.6) is 0 Å². The quantitative estimate of drug-likeness (QED) is 0.669. The molecule has 2 heterocycles. The summed E-state index contributed by atoms with van der Waals surface area (Å²) in [6, 6.07) is 10.1. The molecule has 0 radical (unpaired) electrons. The number of rotatable bonds is 5. The average Bonchev–Trinajstić information content (AvgIpc) is 2.98. The van der Waals surface area contributed by atoms with Gasteiger partial charge in [-0.2, -0.15) is 4.98 Å². The third kappa shape index (κ3) is 3.51. The average molecular weight is 360 g/mol. The van der Waals surface area contributed by atoms with Crippen LogP contribution in [-0.4, -0.2) is 52.5 Å². The lowest BCUT2D eigenvalue weighted by Gasteiger charge is -2.20. The van der Waals surface area contributed by atoms with Crippen molar-refractivity contribution in [2.75, 3.05) is 19.0 Å². The first-order valence-electron chi connectivity index (χ1n) is 8.07. The molecule has 26 heavy (non-hydrogen) atoms. The summed E-state index contributed by atoms with van der Waals surface area (Å²) in [6.45, 7) is 0.0882. The van der Waals surface area contributed by atoms with E-state index >= 15 is 0 Å². The molecule has 0 aliphatic carbocycles. The Morgan fingerprint density at radius 1 is 1.38 bits per heavy atom. The Balaban J connectivity index is 1.80.